The Kier molecular flexibility index (Phi) is 4.14. The Balaban J connectivity index is 1.65. The molecule has 1 aliphatic heterocycles. The minimum atomic E-state index is -1.11. The van der Waals surface area contributed by atoms with E-state index in [1.807, 2.05) is 42.5 Å². The zero-order valence-corrected chi connectivity index (χ0v) is 13.3. The summed E-state index contributed by atoms with van der Waals surface area (Å²) in [5, 5.41) is 0. The monoisotopic (exact) mass is 396 g/mol. The summed E-state index contributed by atoms with van der Waals surface area (Å²) < 4.78 is 8.32. The van der Waals surface area contributed by atoms with E-state index in [4.69, 9.17) is 3.17 Å². The van der Waals surface area contributed by atoms with Gasteiger partial charge in [0.2, 0.25) is 0 Å². The molecule has 0 radical (unpaired) electrons. The molecule has 0 atom stereocenters. The Morgan fingerprint density at radius 2 is 1.48 bits per heavy atom. The third-order valence-corrected chi connectivity index (χ3v) is 5.18. The first-order valence-corrected chi connectivity index (χ1v) is 8.34. The van der Waals surface area contributed by atoms with Crippen LogP contribution in [0.1, 0.15) is 12.8 Å². The number of carbonyl (C=O) groups excluding carboxylic acids is 2. The van der Waals surface area contributed by atoms with Crippen molar-refractivity contribution in [1.82, 2.24) is 3.11 Å². The van der Waals surface area contributed by atoms with Crippen LogP contribution >= 0.6 is 0 Å². The first-order chi connectivity index (χ1) is 10.2. The normalized spacial score (nSPS) is 14.8. The average molecular weight is 396 g/mol. The van der Waals surface area contributed by atoms with E-state index in [9.17, 15) is 9.59 Å². The summed E-state index contributed by atoms with van der Waals surface area (Å²) in [4.78, 5) is 23.0. The second-order valence-electron chi connectivity index (χ2n) is 4.52. The van der Waals surface area contributed by atoms with Gasteiger partial charge in [-0.2, -0.15) is 0 Å². The van der Waals surface area contributed by atoms with Gasteiger partial charge < -0.3 is 0 Å². The molecule has 0 N–H and O–H groups in total. The zero-order valence-electron chi connectivity index (χ0n) is 11.1. The molecule has 0 unspecified atom stereocenters. The third kappa shape index (κ3) is 3.21. The van der Waals surface area contributed by atoms with Crippen LogP contribution in [0.2, 0.25) is 0 Å². The number of halogens is 1. The number of aromatic nitrogens is 1. The van der Waals surface area contributed by atoms with Crippen LogP contribution in [0.5, 0.6) is 0 Å². The van der Waals surface area contributed by atoms with E-state index < -0.39 is 21.9 Å². The van der Waals surface area contributed by atoms with Gasteiger partial charge in [-0.05, 0) is 0 Å². The van der Waals surface area contributed by atoms with Gasteiger partial charge in [0.15, 0.2) is 0 Å². The molecule has 0 bridgehead atoms. The van der Waals surface area contributed by atoms with Crippen LogP contribution in [0.3, 0.4) is 0 Å². The molecular weight excluding hydrogens is 383 g/mol. The zero-order chi connectivity index (χ0) is 14.7. The Bertz CT molecular complexity index is 642. The minimum absolute atomic E-state index is 0.130. The molecular formula is C15H13IN2O3. The van der Waals surface area contributed by atoms with Crippen molar-refractivity contribution in [2.45, 2.75) is 12.8 Å². The van der Waals surface area contributed by atoms with Gasteiger partial charge in [-0.15, -0.1) is 0 Å². The van der Waals surface area contributed by atoms with Crippen LogP contribution < -0.4 is 29.8 Å². The van der Waals surface area contributed by atoms with Crippen LogP contribution in [-0.4, -0.2) is 14.9 Å². The molecule has 1 saturated heterocycles. The molecule has 2 amide bonds. The number of carbonyl (C=O) groups is 2. The summed E-state index contributed by atoms with van der Waals surface area (Å²) in [7, 11) is 0. The molecule has 21 heavy (non-hydrogen) atoms. The van der Waals surface area contributed by atoms with Crippen molar-refractivity contribution in [2.75, 3.05) is 0 Å². The van der Waals surface area contributed by atoms with Gasteiger partial charge in [0.1, 0.15) is 0 Å². The van der Waals surface area contributed by atoms with Crippen molar-refractivity contribution in [3.63, 3.8) is 0 Å². The molecule has 3 rings (SSSR count). The topological polar surface area (TPSA) is 50.5 Å². The Morgan fingerprint density at radius 3 is 2.10 bits per heavy atom. The standard InChI is InChI=1S/C15H13IN2O3/c19-14-6-7-15(20)18(14)16-21-17-10-8-13(9-11-17)12-4-2-1-3-5-12/h1-5,8-11H,6-7H2. The van der Waals surface area contributed by atoms with Crippen molar-refractivity contribution in [3.05, 3.63) is 54.9 Å². The molecule has 1 fully saturated rings. The molecule has 0 aliphatic carbocycles. The van der Waals surface area contributed by atoms with E-state index in [1.54, 1.807) is 17.1 Å². The second kappa shape index (κ2) is 6.21. The number of benzene rings is 1. The Labute approximate surface area is 133 Å². The van der Waals surface area contributed by atoms with Gasteiger partial charge in [-0.25, -0.2) is 0 Å². The molecule has 1 aliphatic rings. The second-order valence-corrected chi connectivity index (χ2v) is 6.27. The Hall–Kier alpha value is -1.96. The van der Waals surface area contributed by atoms with Crippen molar-refractivity contribution in [2.24, 2.45) is 0 Å². The van der Waals surface area contributed by atoms with Crippen LogP contribution in [-0.2, 0) is 9.59 Å². The summed E-state index contributed by atoms with van der Waals surface area (Å²) in [6, 6.07) is 13.9. The molecule has 0 saturated carbocycles. The van der Waals surface area contributed by atoms with Crippen LogP contribution in [0, 0.1) is 0 Å². The van der Waals surface area contributed by atoms with E-state index in [1.165, 1.54) is 3.11 Å². The number of hydrogen-bond acceptors (Lipinski definition) is 3. The molecule has 2 heterocycles. The van der Waals surface area contributed by atoms with Crippen molar-refractivity contribution < 1.29 is 39.4 Å². The average Bonchev–Trinajstić information content (AvgIpc) is 2.85. The van der Waals surface area contributed by atoms with E-state index in [0.29, 0.717) is 12.8 Å². The van der Waals surface area contributed by atoms with E-state index >= 15 is 0 Å². The van der Waals surface area contributed by atoms with Crippen molar-refractivity contribution in [1.29, 1.82) is 0 Å². The predicted molar refractivity (Wildman–Crippen MR) is 69.7 cm³/mol. The van der Waals surface area contributed by atoms with E-state index in [0.717, 1.165) is 11.1 Å². The van der Waals surface area contributed by atoms with Gasteiger partial charge in [0.25, 0.3) is 0 Å². The molecule has 108 valence electrons. The molecule has 1 aromatic heterocycles. The predicted octanol–water partition coefficient (Wildman–Crippen LogP) is -1.86. The fourth-order valence-corrected chi connectivity index (χ4v) is 3.54. The van der Waals surface area contributed by atoms with Gasteiger partial charge in [-0.1, -0.05) is 0 Å². The van der Waals surface area contributed by atoms with E-state index in [-0.39, 0.29) is 11.8 Å². The number of amides is 2. The molecule has 1 aromatic carbocycles. The van der Waals surface area contributed by atoms with Crippen molar-refractivity contribution >= 4 is 11.8 Å². The van der Waals surface area contributed by atoms with Crippen LogP contribution in [0.25, 0.3) is 11.1 Å². The van der Waals surface area contributed by atoms with Gasteiger partial charge in [0, 0.05) is 0 Å². The number of nitrogens with zero attached hydrogens (tertiary/aromatic N) is 2. The first kappa shape index (κ1) is 14.0. The van der Waals surface area contributed by atoms with Gasteiger partial charge in [-0.3, -0.25) is 0 Å². The number of pyridine rings is 1. The van der Waals surface area contributed by atoms with Gasteiger partial charge in [0.05, 0.1) is 0 Å². The molecule has 6 heteroatoms. The Morgan fingerprint density at radius 1 is 0.905 bits per heavy atom. The van der Waals surface area contributed by atoms with Crippen molar-refractivity contribution in [3.8, 4) is 11.1 Å². The molecule has 2 aromatic rings. The fraction of sp³-hybridized carbons (Fsp3) is 0.133. The first-order valence-electron chi connectivity index (χ1n) is 6.49. The number of hydrogen-bond donors (Lipinski definition) is 0. The maximum absolute atomic E-state index is 11.5. The fourth-order valence-electron chi connectivity index (χ4n) is 1.97. The van der Waals surface area contributed by atoms with Gasteiger partial charge >= 0.3 is 133 Å². The van der Waals surface area contributed by atoms with E-state index in [2.05, 4.69) is 0 Å². The number of rotatable bonds is 4. The molecule has 5 nitrogen and oxygen atoms in total. The van der Waals surface area contributed by atoms with Crippen LogP contribution in [0.4, 0.5) is 0 Å². The summed E-state index contributed by atoms with van der Waals surface area (Å²) in [5.74, 6) is -0.261. The van der Waals surface area contributed by atoms with Crippen LogP contribution in [0.15, 0.2) is 54.9 Å². The number of imide groups is 1. The summed E-state index contributed by atoms with van der Waals surface area (Å²) in [6.07, 6.45) is 4.18. The summed E-state index contributed by atoms with van der Waals surface area (Å²) in [6.45, 7) is 0. The SMILES string of the molecule is O=C1CCC(=O)N1[I-]O[n+]1ccc(-c2ccccc2)cc1. The third-order valence-electron chi connectivity index (χ3n) is 3.08. The quantitative estimate of drug-likeness (QED) is 0.264. The molecule has 0 spiro atoms. The maximum atomic E-state index is 11.5. The summed E-state index contributed by atoms with van der Waals surface area (Å²) in [5.41, 5.74) is 2.21. The summed E-state index contributed by atoms with van der Waals surface area (Å²) >= 11 is -1.11.